The SMILES string of the molecule is Cn1ccc2c(OC3CCN(Cc4ncc(C5CC5)o4)CC3)cccc21. The van der Waals surface area contributed by atoms with E-state index in [2.05, 4.69) is 52.0 Å². The Hall–Kier alpha value is -2.27. The highest BCUT2D eigenvalue weighted by molar-refractivity contribution is 5.86. The number of ether oxygens (including phenoxy) is 1. The molecular formula is C21H25N3O2. The molecule has 2 aliphatic rings. The van der Waals surface area contributed by atoms with Crippen molar-refractivity contribution in [3.05, 3.63) is 48.3 Å². The summed E-state index contributed by atoms with van der Waals surface area (Å²) < 4.78 is 14.4. The first-order valence-corrected chi connectivity index (χ1v) is 9.64. The fourth-order valence-corrected chi connectivity index (χ4v) is 3.89. The summed E-state index contributed by atoms with van der Waals surface area (Å²) in [6.07, 6.45) is 8.88. The van der Waals surface area contributed by atoms with Crippen LogP contribution in [0.5, 0.6) is 5.75 Å². The van der Waals surface area contributed by atoms with Crippen molar-refractivity contribution in [2.75, 3.05) is 13.1 Å². The van der Waals surface area contributed by atoms with E-state index in [1.54, 1.807) is 0 Å². The summed E-state index contributed by atoms with van der Waals surface area (Å²) in [5.41, 5.74) is 1.22. The second kappa shape index (κ2) is 6.47. The van der Waals surface area contributed by atoms with E-state index in [-0.39, 0.29) is 6.10 Å². The van der Waals surface area contributed by atoms with Gasteiger partial charge in [-0.3, -0.25) is 4.90 Å². The highest BCUT2D eigenvalue weighted by atomic mass is 16.5. The quantitative estimate of drug-likeness (QED) is 0.694. The van der Waals surface area contributed by atoms with Gasteiger partial charge in [-0.15, -0.1) is 0 Å². The monoisotopic (exact) mass is 351 g/mol. The molecule has 0 atom stereocenters. The van der Waals surface area contributed by atoms with Crippen molar-refractivity contribution in [2.45, 2.75) is 44.2 Å². The molecule has 0 radical (unpaired) electrons. The molecule has 2 fully saturated rings. The van der Waals surface area contributed by atoms with Crippen LogP contribution in [0.25, 0.3) is 10.9 Å². The van der Waals surface area contributed by atoms with Gasteiger partial charge in [0.25, 0.3) is 0 Å². The van der Waals surface area contributed by atoms with E-state index in [1.807, 2.05) is 6.20 Å². The predicted molar refractivity (Wildman–Crippen MR) is 100 cm³/mol. The lowest BCUT2D eigenvalue weighted by Gasteiger charge is -2.31. The number of fused-ring (bicyclic) bond motifs is 1. The van der Waals surface area contributed by atoms with E-state index in [4.69, 9.17) is 9.15 Å². The van der Waals surface area contributed by atoms with Crippen LogP contribution in [0.3, 0.4) is 0 Å². The predicted octanol–water partition coefficient (Wildman–Crippen LogP) is 4.09. The van der Waals surface area contributed by atoms with Crippen molar-refractivity contribution in [1.82, 2.24) is 14.5 Å². The van der Waals surface area contributed by atoms with Gasteiger partial charge in [-0.1, -0.05) is 6.07 Å². The third kappa shape index (κ3) is 3.12. The second-order valence-electron chi connectivity index (χ2n) is 7.64. The Morgan fingerprint density at radius 1 is 1.15 bits per heavy atom. The highest BCUT2D eigenvalue weighted by Gasteiger charge is 2.28. The summed E-state index contributed by atoms with van der Waals surface area (Å²) in [5.74, 6) is 3.58. The number of aryl methyl sites for hydroxylation is 1. The van der Waals surface area contributed by atoms with Crippen LogP contribution in [-0.4, -0.2) is 33.6 Å². The number of rotatable bonds is 5. The summed E-state index contributed by atoms with van der Waals surface area (Å²) in [4.78, 5) is 6.87. The first kappa shape index (κ1) is 15.9. The lowest BCUT2D eigenvalue weighted by atomic mass is 10.1. The molecule has 0 unspecified atom stereocenters. The van der Waals surface area contributed by atoms with Crippen molar-refractivity contribution in [3.63, 3.8) is 0 Å². The largest absolute Gasteiger partial charge is 0.490 e. The molecule has 26 heavy (non-hydrogen) atoms. The number of nitrogens with zero attached hydrogens (tertiary/aromatic N) is 3. The maximum absolute atomic E-state index is 6.35. The fourth-order valence-electron chi connectivity index (χ4n) is 3.89. The average molecular weight is 351 g/mol. The molecule has 136 valence electrons. The van der Waals surface area contributed by atoms with Crippen LogP contribution in [0.1, 0.15) is 43.3 Å². The summed E-state index contributed by atoms with van der Waals surface area (Å²) >= 11 is 0. The smallest absolute Gasteiger partial charge is 0.208 e. The van der Waals surface area contributed by atoms with Gasteiger partial charge in [-0.25, -0.2) is 4.98 Å². The standard InChI is InChI=1S/C21H25N3O2/c1-23-10-9-17-18(23)3-2-4-19(17)25-16-7-11-24(12-8-16)14-21-22-13-20(26-21)15-5-6-15/h2-4,9-10,13,15-16H,5-8,11-12,14H2,1H3. The molecule has 0 amide bonds. The first-order valence-electron chi connectivity index (χ1n) is 9.64. The van der Waals surface area contributed by atoms with Crippen molar-refractivity contribution in [3.8, 4) is 5.75 Å². The third-order valence-corrected chi connectivity index (χ3v) is 5.63. The van der Waals surface area contributed by atoms with Crippen LogP contribution in [-0.2, 0) is 13.6 Å². The molecule has 1 aromatic carbocycles. The summed E-state index contributed by atoms with van der Waals surface area (Å²) in [5, 5.41) is 1.20. The number of hydrogen-bond acceptors (Lipinski definition) is 4. The Morgan fingerprint density at radius 3 is 2.81 bits per heavy atom. The molecule has 5 nitrogen and oxygen atoms in total. The van der Waals surface area contributed by atoms with Gasteiger partial charge in [0.1, 0.15) is 17.6 Å². The third-order valence-electron chi connectivity index (χ3n) is 5.63. The fraction of sp³-hybridized carbons (Fsp3) is 0.476. The lowest BCUT2D eigenvalue weighted by molar-refractivity contribution is 0.0927. The number of likely N-dealkylation sites (tertiary alicyclic amines) is 1. The normalized spacial score (nSPS) is 19.3. The molecule has 0 N–H and O–H groups in total. The van der Waals surface area contributed by atoms with Crippen LogP contribution in [0.15, 0.2) is 41.1 Å². The molecule has 0 spiro atoms. The average Bonchev–Trinajstić information content (AvgIpc) is 3.29. The van der Waals surface area contributed by atoms with Crippen LogP contribution in [0.4, 0.5) is 0 Å². The van der Waals surface area contributed by atoms with Crippen molar-refractivity contribution < 1.29 is 9.15 Å². The van der Waals surface area contributed by atoms with E-state index in [1.165, 1.54) is 23.7 Å². The van der Waals surface area contributed by atoms with E-state index < -0.39 is 0 Å². The Morgan fingerprint density at radius 2 is 2.00 bits per heavy atom. The maximum atomic E-state index is 6.35. The molecule has 1 aliphatic carbocycles. The maximum Gasteiger partial charge on any atom is 0.208 e. The second-order valence-corrected chi connectivity index (χ2v) is 7.64. The Balaban J connectivity index is 1.18. The molecular weight excluding hydrogens is 326 g/mol. The van der Waals surface area contributed by atoms with E-state index in [0.717, 1.165) is 49.9 Å². The highest BCUT2D eigenvalue weighted by Crippen LogP contribution is 2.40. The van der Waals surface area contributed by atoms with Gasteiger partial charge < -0.3 is 13.7 Å². The van der Waals surface area contributed by atoms with Crippen molar-refractivity contribution in [1.29, 1.82) is 0 Å². The number of benzene rings is 1. The van der Waals surface area contributed by atoms with Gasteiger partial charge in [0.15, 0.2) is 0 Å². The Kier molecular flexibility index (Phi) is 3.97. The molecule has 5 rings (SSSR count). The molecule has 1 saturated carbocycles. The molecule has 5 heteroatoms. The van der Waals surface area contributed by atoms with Gasteiger partial charge in [-0.05, 0) is 43.9 Å². The Labute approximate surface area is 153 Å². The number of aromatic nitrogens is 2. The lowest BCUT2D eigenvalue weighted by Crippen LogP contribution is -2.37. The minimum absolute atomic E-state index is 0.281. The van der Waals surface area contributed by atoms with Gasteiger partial charge in [0, 0.05) is 37.6 Å². The summed E-state index contributed by atoms with van der Waals surface area (Å²) in [7, 11) is 2.07. The summed E-state index contributed by atoms with van der Waals surface area (Å²) in [6.45, 7) is 2.86. The molecule has 0 bridgehead atoms. The van der Waals surface area contributed by atoms with Gasteiger partial charge >= 0.3 is 0 Å². The molecule has 1 saturated heterocycles. The molecule has 2 aromatic heterocycles. The zero-order valence-corrected chi connectivity index (χ0v) is 15.2. The van der Waals surface area contributed by atoms with E-state index in [0.29, 0.717) is 5.92 Å². The molecule has 1 aliphatic heterocycles. The minimum atomic E-state index is 0.281. The van der Waals surface area contributed by atoms with Crippen LogP contribution in [0, 0.1) is 0 Å². The van der Waals surface area contributed by atoms with Crippen LogP contribution < -0.4 is 4.74 Å². The molecule has 3 aromatic rings. The Bertz CT molecular complexity index is 901. The van der Waals surface area contributed by atoms with Crippen molar-refractivity contribution in [2.24, 2.45) is 7.05 Å². The molecule has 3 heterocycles. The van der Waals surface area contributed by atoms with E-state index >= 15 is 0 Å². The van der Waals surface area contributed by atoms with Gasteiger partial charge in [-0.2, -0.15) is 0 Å². The number of hydrogen-bond donors (Lipinski definition) is 0. The first-order chi connectivity index (χ1) is 12.8. The van der Waals surface area contributed by atoms with Gasteiger partial charge in [0.2, 0.25) is 5.89 Å². The van der Waals surface area contributed by atoms with Crippen molar-refractivity contribution >= 4 is 10.9 Å². The van der Waals surface area contributed by atoms with Crippen LogP contribution in [0.2, 0.25) is 0 Å². The zero-order valence-electron chi connectivity index (χ0n) is 15.2. The number of piperidine rings is 1. The van der Waals surface area contributed by atoms with E-state index in [9.17, 15) is 0 Å². The zero-order chi connectivity index (χ0) is 17.5. The number of oxazole rings is 1. The minimum Gasteiger partial charge on any atom is -0.490 e. The topological polar surface area (TPSA) is 43.4 Å². The van der Waals surface area contributed by atoms with Crippen LogP contribution >= 0.6 is 0 Å². The summed E-state index contributed by atoms with van der Waals surface area (Å²) in [6, 6.07) is 8.44. The van der Waals surface area contributed by atoms with Gasteiger partial charge in [0.05, 0.1) is 18.3 Å².